The summed E-state index contributed by atoms with van der Waals surface area (Å²) >= 11 is 0. The van der Waals surface area contributed by atoms with Crippen LogP contribution in [0.15, 0.2) is 212 Å². The molecule has 0 saturated heterocycles. The van der Waals surface area contributed by atoms with Crippen LogP contribution in [-0.4, -0.2) is 24.1 Å². The Morgan fingerprint density at radius 1 is 0.317 bits per heavy atom. The summed E-state index contributed by atoms with van der Waals surface area (Å²) in [5, 5.41) is 4.64. The number of hydrogen-bond acceptors (Lipinski definition) is 3. The van der Waals surface area contributed by atoms with Gasteiger partial charge in [0.2, 0.25) is 5.95 Å². The molecule has 0 bridgehead atoms. The number of para-hydroxylation sites is 2. The average molecular weight is 802 g/mol. The van der Waals surface area contributed by atoms with E-state index in [0.29, 0.717) is 17.6 Å². The van der Waals surface area contributed by atoms with E-state index in [1.807, 2.05) is 36.4 Å². The highest BCUT2D eigenvalue weighted by Crippen LogP contribution is 2.63. The van der Waals surface area contributed by atoms with E-state index in [-0.39, 0.29) is 0 Å². The Bertz CT molecular complexity index is 3740. The van der Waals surface area contributed by atoms with Crippen LogP contribution in [0.3, 0.4) is 0 Å². The minimum atomic E-state index is -0.487. The summed E-state index contributed by atoms with van der Waals surface area (Å²) in [7, 11) is 0. The molecule has 0 N–H and O–H groups in total. The van der Waals surface area contributed by atoms with Crippen molar-refractivity contribution < 1.29 is 0 Å². The molecule has 1 spiro atoms. The molecule has 5 nitrogen and oxygen atoms in total. The van der Waals surface area contributed by atoms with Crippen LogP contribution >= 0.6 is 0 Å². The molecule has 0 atom stereocenters. The van der Waals surface area contributed by atoms with E-state index in [0.717, 1.165) is 49.7 Å². The second kappa shape index (κ2) is 12.8. The number of hydrogen-bond donors (Lipinski definition) is 0. The second-order valence-corrected chi connectivity index (χ2v) is 16.7. The summed E-state index contributed by atoms with van der Waals surface area (Å²) < 4.78 is 4.75. The Hall–Kier alpha value is -8.41. The minimum Gasteiger partial charge on any atom is -0.307 e. The number of rotatable bonds is 4. The van der Waals surface area contributed by atoms with Gasteiger partial charge in [-0.2, -0.15) is 9.97 Å². The van der Waals surface area contributed by atoms with Crippen molar-refractivity contribution in [3.63, 3.8) is 0 Å². The lowest BCUT2D eigenvalue weighted by Gasteiger charge is -2.30. The molecule has 14 rings (SSSR count). The van der Waals surface area contributed by atoms with E-state index in [2.05, 4.69) is 185 Å². The lowest BCUT2D eigenvalue weighted by molar-refractivity contribution is 0.795. The summed E-state index contributed by atoms with van der Waals surface area (Å²) in [5.41, 5.74) is 17.1. The third-order valence-corrected chi connectivity index (χ3v) is 13.6. The van der Waals surface area contributed by atoms with E-state index >= 15 is 0 Å². The van der Waals surface area contributed by atoms with Crippen molar-refractivity contribution >= 4 is 43.6 Å². The molecule has 0 amide bonds. The maximum Gasteiger partial charge on any atom is 0.238 e. The van der Waals surface area contributed by atoms with Crippen LogP contribution in [0.2, 0.25) is 0 Å². The van der Waals surface area contributed by atoms with Crippen molar-refractivity contribution in [1.82, 2.24) is 24.1 Å². The Balaban J connectivity index is 1.19. The largest absolute Gasteiger partial charge is 0.307 e. The molecule has 0 fully saturated rings. The zero-order valence-corrected chi connectivity index (χ0v) is 33.9. The van der Waals surface area contributed by atoms with E-state index in [1.54, 1.807) is 0 Å². The van der Waals surface area contributed by atoms with E-state index in [4.69, 9.17) is 15.0 Å². The Morgan fingerprint density at radius 2 is 0.794 bits per heavy atom. The van der Waals surface area contributed by atoms with Gasteiger partial charge in [0.25, 0.3) is 0 Å². The topological polar surface area (TPSA) is 48.5 Å². The SMILES string of the molecule is c1ccc(-c2nc(-c3ccccc3)nc(-n3c4cc5c(cc4c4ccc6c7ccccc7n(-c7ccccc7)c6c43)C3(c4ccccc4-c4ccccc43)c3ccccc3-5)n2)cc1. The third-order valence-electron chi connectivity index (χ3n) is 13.6. The van der Waals surface area contributed by atoms with Gasteiger partial charge in [0.1, 0.15) is 0 Å². The van der Waals surface area contributed by atoms with Crippen molar-refractivity contribution in [2.45, 2.75) is 5.41 Å². The monoisotopic (exact) mass is 801 g/mol. The first kappa shape index (κ1) is 34.3. The first-order chi connectivity index (χ1) is 31.3. The number of aromatic nitrogens is 5. The van der Waals surface area contributed by atoms with Gasteiger partial charge in [0, 0.05) is 38.4 Å². The van der Waals surface area contributed by atoms with Crippen molar-refractivity contribution in [1.29, 1.82) is 0 Å². The normalized spacial score (nSPS) is 13.2. The van der Waals surface area contributed by atoms with Crippen LogP contribution in [-0.2, 0) is 5.41 Å². The number of fused-ring (bicyclic) bond motifs is 17. The van der Waals surface area contributed by atoms with Gasteiger partial charge in [0.15, 0.2) is 11.6 Å². The van der Waals surface area contributed by atoms with Crippen molar-refractivity contribution in [3.8, 4) is 56.7 Å². The molecule has 292 valence electrons. The summed E-state index contributed by atoms with van der Waals surface area (Å²) in [5.74, 6) is 1.81. The molecular weight excluding hydrogens is 767 g/mol. The maximum atomic E-state index is 5.43. The summed E-state index contributed by atoms with van der Waals surface area (Å²) in [6.45, 7) is 0. The molecule has 3 heterocycles. The van der Waals surface area contributed by atoms with Crippen LogP contribution in [0.25, 0.3) is 100 Å². The van der Waals surface area contributed by atoms with E-state index in [1.165, 1.54) is 55.3 Å². The van der Waals surface area contributed by atoms with Gasteiger partial charge < -0.3 is 4.57 Å². The van der Waals surface area contributed by atoms with E-state index in [9.17, 15) is 0 Å². The van der Waals surface area contributed by atoms with Crippen LogP contribution in [0.5, 0.6) is 0 Å². The second-order valence-electron chi connectivity index (χ2n) is 16.7. The Kier molecular flexibility index (Phi) is 6.97. The molecule has 0 radical (unpaired) electrons. The summed E-state index contributed by atoms with van der Waals surface area (Å²) in [4.78, 5) is 16.0. The Morgan fingerprint density at radius 3 is 1.40 bits per heavy atom. The summed E-state index contributed by atoms with van der Waals surface area (Å²) in [6, 6.07) is 76.6. The molecule has 5 heteroatoms. The highest BCUT2D eigenvalue weighted by Gasteiger charge is 2.51. The van der Waals surface area contributed by atoms with Gasteiger partial charge in [-0.1, -0.05) is 182 Å². The molecule has 0 unspecified atom stereocenters. The Labute approximate surface area is 362 Å². The number of nitrogens with zero attached hydrogens (tertiary/aromatic N) is 5. The fourth-order valence-corrected chi connectivity index (χ4v) is 11.1. The van der Waals surface area contributed by atoms with Gasteiger partial charge >= 0.3 is 0 Å². The zero-order chi connectivity index (χ0) is 41.2. The fraction of sp³-hybridized carbons (Fsp3) is 0.0172. The molecular formula is C58H35N5. The molecule has 12 aromatic rings. The molecule has 2 aliphatic rings. The molecule has 3 aromatic heterocycles. The van der Waals surface area contributed by atoms with Crippen molar-refractivity contribution in [3.05, 3.63) is 235 Å². The quantitative estimate of drug-likeness (QED) is 0.178. The average Bonchev–Trinajstić information content (AvgIpc) is 4.06. The van der Waals surface area contributed by atoms with Crippen molar-refractivity contribution in [2.24, 2.45) is 0 Å². The lowest BCUT2D eigenvalue weighted by Crippen LogP contribution is -2.25. The maximum absolute atomic E-state index is 5.43. The number of benzene rings is 9. The highest BCUT2D eigenvalue weighted by molar-refractivity contribution is 6.24. The first-order valence-corrected chi connectivity index (χ1v) is 21.5. The highest BCUT2D eigenvalue weighted by atomic mass is 15.2. The fourth-order valence-electron chi connectivity index (χ4n) is 11.1. The predicted molar refractivity (Wildman–Crippen MR) is 256 cm³/mol. The molecule has 9 aromatic carbocycles. The molecule has 0 saturated carbocycles. The van der Waals surface area contributed by atoms with Crippen LogP contribution < -0.4 is 0 Å². The minimum absolute atomic E-state index is 0.487. The van der Waals surface area contributed by atoms with Gasteiger partial charge in [-0.15, -0.1) is 0 Å². The smallest absolute Gasteiger partial charge is 0.238 e. The van der Waals surface area contributed by atoms with Gasteiger partial charge in [-0.3, -0.25) is 4.57 Å². The third kappa shape index (κ3) is 4.57. The standard InChI is InChI=1S/C58H35N5/c1-4-18-36(19-5-1)55-59-56(37-20-6-2-7-21-37)61-57(60-55)63-52-35-45-41-26-12-16-30-49(41)58(47-28-14-10-24-39(47)40-25-11-15-29-48(40)58)50(45)34-46(52)44-33-32-43-42-27-13-17-31-51(42)62(53(43)54(44)63)38-22-8-3-9-23-38/h1-35H. The van der Waals surface area contributed by atoms with E-state index < -0.39 is 5.41 Å². The van der Waals surface area contributed by atoms with Gasteiger partial charge in [-0.25, -0.2) is 4.98 Å². The molecule has 2 aliphatic carbocycles. The molecule has 63 heavy (non-hydrogen) atoms. The molecule has 0 aliphatic heterocycles. The zero-order valence-electron chi connectivity index (χ0n) is 33.9. The predicted octanol–water partition coefficient (Wildman–Crippen LogP) is 13.7. The van der Waals surface area contributed by atoms with Crippen molar-refractivity contribution in [2.75, 3.05) is 0 Å². The first-order valence-electron chi connectivity index (χ1n) is 21.5. The van der Waals surface area contributed by atoms with Crippen LogP contribution in [0.1, 0.15) is 22.3 Å². The lowest BCUT2D eigenvalue weighted by atomic mass is 9.70. The van der Waals surface area contributed by atoms with Crippen LogP contribution in [0.4, 0.5) is 0 Å². The van der Waals surface area contributed by atoms with Gasteiger partial charge in [-0.05, 0) is 74.8 Å². The summed E-state index contributed by atoms with van der Waals surface area (Å²) in [6.07, 6.45) is 0. The van der Waals surface area contributed by atoms with Gasteiger partial charge in [0.05, 0.1) is 27.5 Å². The van der Waals surface area contributed by atoms with Crippen LogP contribution in [0, 0.1) is 0 Å².